The quantitative estimate of drug-likeness (QED) is 0.658. The zero-order valence-electron chi connectivity index (χ0n) is 16.5. The Morgan fingerprint density at radius 3 is 2.72 bits per heavy atom. The van der Waals surface area contributed by atoms with Gasteiger partial charge in [0.15, 0.2) is 0 Å². The SMILES string of the molecule is CC(c1cc(-c2ccccc2)n[nH]1)N(C)C(=O)c1cn2c(n1)CCNCC2.Cl.Cl. The maximum atomic E-state index is 12.9. The van der Waals surface area contributed by atoms with Gasteiger partial charge in [-0.25, -0.2) is 4.98 Å². The number of nitrogens with zero attached hydrogens (tertiary/aromatic N) is 4. The summed E-state index contributed by atoms with van der Waals surface area (Å²) in [5.74, 6) is 0.893. The van der Waals surface area contributed by atoms with Gasteiger partial charge in [0.1, 0.15) is 11.5 Å². The molecule has 1 aliphatic rings. The largest absolute Gasteiger partial charge is 0.333 e. The fourth-order valence-corrected chi connectivity index (χ4v) is 3.35. The molecule has 3 aromatic rings. The second-order valence-electron chi connectivity index (χ2n) is 6.90. The first-order valence-electron chi connectivity index (χ1n) is 9.28. The van der Waals surface area contributed by atoms with Crippen LogP contribution in [-0.2, 0) is 13.0 Å². The molecule has 0 saturated heterocycles. The minimum Gasteiger partial charge on any atom is -0.333 e. The minimum absolute atomic E-state index is 0. The number of carbonyl (C=O) groups excluding carboxylic acids is 1. The molecule has 156 valence electrons. The van der Waals surface area contributed by atoms with Crippen molar-refractivity contribution in [3.05, 3.63) is 59.8 Å². The molecule has 2 aromatic heterocycles. The van der Waals surface area contributed by atoms with Crippen LogP contribution in [0, 0.1) is 0 Å². The lowest BCUT2D eigenvalue weighted by Gasteiger charge is -2.23. The number of nitrogens with one attached hydrogen (secondary N) is 2. The van der Waals surface area contributed by atoms with Crippen molar-refractivity contribution in [2.24, 2.45) is 0 Å². The van der Waals surface area contributed by atoms with Crippen molar-refractivity contribution < 1.29 is 4.79 Å². The Balaban J connectivity index is 0.00000150. The molecule has 4 rings (SSSR count). The van der Waals surface area contributed by atoms with Gasteiger partial charge in [-0.05, 0) is 13.0 Å². The van der Waals surface area contributed by atoms with E-state index in [0.29, 0.717) is 5.69 Å². The monoisotopic (exact) mass is 436 g/mol. The zero-order chi connectivity index (χ0) is 18.8. The van der Waals surface area contributed by atoms with Gasteiger partial charge in [-0.3, -0.25) is 9.89 Å². The minimum atomic E-state index is -0.134. The van der Waals surface area contributed by atoms with Crippen LogP contribution in [0.3, 0.4) is 0 Å². The van der Waals surface area contributed by atoms with Gasteiger partial charge < -0.3 is 14.8 Å². The van der Waals surface area contributed by atoms with E-state index in [-0.39, 0.29) is 36.8 Å². The van der Waals surface area contributed by atoms with E-state index >= 15 is 0 Å². The standard InChI is InChI=1S/C20H24N6O.2ClH/c1-14(16-12-17(24-23-16)15-6-4-3-5-7-15)25(2)20(27)18-13-26-11-10-21-9-8-19(26)22-18;;/h3-7,12-14,21H,8-11H2,1-2H3,(H,23,24);2*1H. The number of H-pyrrole nitrogens is 1. The van der Waals surface area contributed by atoms with Crippen molar-refractivity contribution in [3.8, 4) is 11.3 Å². The summed E-state index contributed by atoms with van der Waals surface area (Å²) in [6.07, 6.45) is 2.71. The smallest absolute Gasteiger partial charge is 0.274 e. The summed E-state index contributed by atoms with van der Waals surface area (Å²) in [5, 5.41) is 10.8. The Bertz CT molecular complexity index is 916. The van der Waals surface area contributed by atoms with Crippen LogP contribution in [0.25, 0.3) is 11.3 Å². The highest BCUT2D eigenvalue weighted by Crippen LogP contribution is 2.24. The molecule has 1 aromatic carbocycles. The van der Waals surface area contributed by atoms with Crippen molar-refractivity contribution in [2.75, 3.05) is 20.1 Å². The maximum absolute atomic E-state index is 12.9. The number of aromatic amines is 1. The summed E-state index contributed by atoms with van der Waals surface area (Å²) in [5.41, 5.74) is 3.32. The van der Waals surface area contributed by atoms with Crippen molar-refractivity contribution >= 4 is 30.7 Å². The average molecular weight is 437 g/mol. The predicted molar refractivity (Wildman–Crippen MR) is 118 cm³/mol. The van der Waals surface area contributed by atoms with Crippen LogP contribution >= 0.6 is 24.8 Å². The van der Waals surface area contributed by atoms with Crippen LogP contribution < -0.4 is 5.32 Å². The zero-order valence-corrected chi connectivity index (χ0v) is 18.1. The van der Waals surface area contributed by atoms with Crippen molar-refractivity contribution in [3.63, 3.8) is 0 Å². The first kappa shape index (κ1) is 22.9. The molecular weight excluding hydrogens is 411 g/mol. The Morgan fingerprint density at radius 1 is 1.21 bits per heavy atom. The van der Waals surface area contributed by atoms with Crippen LogP contribution in [0.15, 0.2) is 42.6 Å². The number of fused-ring (bicyclic) bond motifs is 1. The second-order valence-corrected chi connectivity index (χ2v) is 6.90. The summed E-state index contributed by atoms with van der Waals surface area (Å²) in [4.78, 5) is 19.2. The van der Waals surface area contributed by atoms with E-state index in [2.05, 4.69) is 25.1 Å². The number of aromatic nitrogens is 4. The van der Waals surface area contributed by atoms with Gasteiger partial charge in [0.05, 0.1) is 17.4 Å². The fourth-order valence-electron chi connectivity index (χ4n) is 3.35. The van der Waals surface area contributed by atoms with E-state index < -0.39 is 0 Å². The predicted octanol–water partition coefficient (Wildman–Crippen LogP) is 3.10. The number of hydrogen-bond acceptors (Lipinski definition) is 4. The highest BCUT2D eigenvalue weighted by molar-refractivity contribution is 5.92. The van der Waals surface area contributed by atoms with E-state index in [1.807, 2.05) is 56.6 Å². The maximum Gasteiger partial charge on any atom is 0.274 e. The summed E-state index contributed by atoms with van der Waals surface area (Å²) in [7, 11) is 1.81. The van der Waals surface area contributed by atoms with E-state index in [1.165, 1.54) is 0 Å². The van der Waals surface area contributed by atoms with Crippen LogP contribution in [0.5, 0.6) is 0 Å². The molecule has 7 nitrogen and oxygen atoms in total. The van der Waals surface area contributed by atoms with Gasteiger partial charge in [0.25, 0.3) is 5.91 Å². The van der Waals surface area contributed by atoms with E-state index in [4.69, 9.17) is 0 Å². The lowest BCUT2D eigenvalue weighted by atomic mass is 10.1. The van der Waals surface area contributed by atoms with E-state index in [1.54, 1.807) is 4.90 Å². The summed E-state index contributed by atoms with van der Waals surface area (Å²) in [6, 6.07) is 11.9. The molecule has 2 N–H and O–H groups in total. The van der Waals surface area contributed by atoms with Crippen molar-refractivity contribution in [1.82, 2.24) is 30.0 Å². The first-order chi connectivity index (χ1) is 13.1. The topological polar surface area (TPSA) is 78.8 Å². The number of amides is 1. The second kappa shape index (κ2) is 9.91. The Hall–Kier alpha value is -2.35. The van der Waals surface area contributed by atoms with Crippen LogP contribution in [0.1, 0.15) is 35.0 Å². The molecule has 1 aliphatic heterocycles. The van der Waals surface area contributed by atoms with Crippen LogP contribution in [0.4, 0.5) is 0 Å². The van der Waals surface area contributed by atoms with Gasteiger partial charge in [-0.2, -0.15) is 5.10 Å². The summed E-state index contributed by atoms with van der Waals surface area (Å²) >= 11 is 0. The van der Waals surface area contributed by atoms with Gasteiger partial charge >= 0.3 is 0 Å². The number of benzene rings is 1. The lowest BCUT2D eigenvalue weighted by molar-refractivity contribution is 0.0734. The summed E-state index contributed by atoms with van der Waals surface area (Å²) in [6.45, 7) is 4.63. The molecule has 1 unspecified atom stereocenters. The number of rotatable bonds is 4. The molecule has 0 radical (unpaired) electrons. The molecule has 29 heavy (non-hydrogen) atoms. The molecule has 3 heterocycles. The van der Waals surface area contributed by atoms with Gasteiger partial charge in [-0.15, -0.1) is 24.8 Å². The lowest BCUT2D eigenvalue weighted by Crippen LogP contribution is -2.30. The molecule has 0 fully saturated rings. The first-order valence-corrected chi connectivity index (χ1v) is 9.28. The van der Waals surface area contributed by atoms with Crippen molar-refractivity contribution in [1.29, 1.82) is 0 Å². The third kappa shape index (κ3) is 4.80. The third-order valence-corrected chi connectivity index (χ3v) is 5.15. The molecule has 9 heteroatoms. The van der Waals surface area contributed by atoms with Gasteiger partial charge in [0, 0.05) is 44.9 Å². The molecule has 0 aliphatic carbocycles. The van der Waals surface area contributed by atoms with E-state index in [0.717, 1.165) is 48.8 Å². The molecule has 1 amide bonds. The third-order valence-electron chi connectivity index (χ3n) is 5.15. The highest BCUT2D eigenvalue weighted by Gasteiger charge is 2.24. The van der Waals surface area contributed by atoms with Crippen LogP contribution in [-0.4, -0.2) is 50.7 Å². The molecule has 0 bridgehead atoms. The van der Waals surface area contributed by atoms with Crippen molar-refractivity contribution in [2.45, 2.75) is 25.9 Å². The molecule has 1 atom stereocenters. The Morgan fingerprint density at radius 2 is 1.97 bits per heavy atom. The molecule has 0 saturated carbocycles. The average Bonchev–Trinajstić information content (AvgIpc) is 3.30. The van der Waals surface area contributed by atoms with Gasteiger partial charge in [0.2, 0.25) is 0 Å². The van der Waals surface area contributed by atoms with E-state index in [9.17, 15) is 4.79 Å². The number of hydrogen-bond donors (Lipinski definition) is 2. The number of carbonyl (C=O) groups is 1. The summed E-state index contributed by atoms with van der Waals surface area (Å²) < 4.78 is 2.08. The fraction of sp³-hybridized carbons (Fsp3) is 0.350. The van der Waals surface area contributed by atoms with Crippen LogP contribution in [0.2, 0.25) is 0 Å². The Kier molecular flexibility index (Phi) is 7.84. The Labute approximate surface area is 182 Å². The molecular formula is C20H26Cl2N6O. The highest BCUT2D eigenvalue weighted by atomic mass is 35.5. The normalized spacial score (nSPS) is 14.0. The molecule has 0 spiro atoms. The van der Waals surface area contributed by atoms with Gasteiger partial charge in [-0.1, -0.05) is 30.3 Å². The number of halogens is 2. The number of imidazole rings is 1.